The molecule has 2 aromatic rings. The summed E-state index contributed by atoms with van der Waals surface area (Å²) in [6, 6.07) is 6.09. The van der Waals surface area contributed by atoms with Gasteiger partial charge in [0.25, 0.3) is 0 Å². The van der Waals surface area contributed by atoms with Crippen molar-refractivity contribution in [3.63, 3.8) is 0 Å². The number of unbranched alkanes of at least 4 members (excludes halogenated alkanes) is 1. The van der Waals surface area contributed by atoms with Gasteiger partial charge in [0.15, 0.2) is 11.5 Å². The Morgan fingerprint density at radius 2 is 1.79 bits per heavy atom. The lowest BCUT2D eigenvalue weighted by molar-refractivity contribution is -0.142. The van der Waals surface area contributed by atoms with E-state index in [-0.39, 0.29) is 17.4 Å². The lowest BCUT2D eigenvalue weighted by atomic mass is 9.95. The van der Waals surface area contributed by atoms with Gasteiger partial charge in [0.1, 0.15) is 6.04 Å². The Balaban J connectivity index is 2.01. The maximum atomic E-state index is 13.3. The van der Waals surface area contributed by atoms with Crippen molar-refractivity contribution in [2.45, 2.75) is 51.1 Å². The molecule has 0 spiro atoms. The topological polar surface area (TPSA) is 138 Å². The third-order valence-electron chi connectivity index (χ3n) is 6.68. The first-order valence-corrected chi connectivity index (χ1v) is 12.6. The highest BCUT2D eigenvalue weighted by Crippen LogP contribution is 2.50. The average Bonchev–Trinajstić information content (AvgIpc) is 3.15. The fraction of sp³-hybridized carbons (Fsp3) is 0.464. The van der Waals surface area contributed by atoms with Crippen molar-refractivity contribution in [1.29, 1.82) is 0 Å². The monoisotopic (exact) mass is 527 g/mol. The van der Waals surface area contributed by atoms with Crippen LogP contribution in [0.1, 0.15) is 49.8 Å². The van der Waals surface area contributed by atoms with Crippen LogP contribution in [0.5, 0.6) is 17.2 Å². The molecule has 206 valence electrons. The molecule has 10 heteroatoms. The van der Waals surface area contributed by atoms with Crippen molar-refractivity contribution < 1.29 is 28.5 Å². The summed E-state index contributed by atoms with van der Waals surface area (Å²) in [6.07, 6.45) is 3.12. The molecule has 0 saturated heterocycles. The van der Waals surface area contributed by atoms with Crippen LogP contribution in [-0.4, -0.2) is 52.9 Å². The minimum absolute atomic E-state index is 0.184. The van der Waals surface area contributed by atoms with Gasteiger partial charge in [0.05, 0.1) is 40.2 Å². The van der Waals surface area contributed by atoms with E-state index in [2.05, 4.69) is 15.4 Å². The Hall–Kier alpha value is -3.79. The minimum atomic E-state index is -0.656. The van der Waals surface area contributed by atoms with Gasteiger partial charge < -0.3 is 35.3 Å². The zero-order valence-corrected chi connectivity index (χ0v) is 22.6. The predicted octanol–water partition coefficient (Wildman–Crippen LogP) is 2.95. The van der Waals surface area contributed by atoms with Gasteiger partial charge in [-0.3, -0.25) is 14.4 Å². The van der Waals surface area contributed by atoms with Gasteiger partial charge in [-0.05, 0) is 67.0 Å². The number of aryl methyl sites for hydroxylation is 1. The molecule has 2 atom stereocenters. The largest absolute Gasteiger partial charge is 0.493 e. The molecular weight excluding hydrogens is 490 g/mol. The number of anilines is 1. The molecular formula is C28H37N3O7. The summed E-state index contributed by atoms with van der Waals surface area (Å²) in [6.45, 7) is 1.99. The summed E-state index contributed by atoms with van der Waals surface area (Å²) in [5.41, 5.74) is 9.25. The van der Waals surface area contributed by atoms with Crippen LogP contribution in [0.3, 0.4) is 0 Å². The first kappa shape index (κ1) is 28.8. The average molecular weight is 528 g/mol. The van der Waals surface area contributed by atoms with E-state index in [1.807, 2.05) is 12.1 Å². The van der Waals surface area contributed by atoms with Crippen LogP contribution in [0.2, 0.25) is 0 Å². The molecule has 2 aromatic carbocycles. The quantitative estimate of drug-likeness (QED) is 0.297. The van der Waals surface area contributed by atoms with Gasteiger partial charge in [-0.25, -0.2) is 0 Å². The molecule has 1 amide bonds. The van der Waals surface area contributed by atoms with Crippen molar-refractivity contribution in [1.82, 2.24) is 5.32 Å². The number of nitrogens with two attached hydrogens (primary N) is 1. The second-order valence-electron chi connectivity index (χ2n) is 9.15. The Kier molecular flexibility index (Phi) is 9.95. The first-order valence-electron chi connectivity index (χ1n) is 12.6. The zero-order chi connectivity index (χ0) is 27.8. The molecule has 0 heterocycles. The van der Waals surface area contributed by atoms with Crippen LogP contribution >= 0.6 is 0 Å². The van der Waals surface area contributed by atoms with E-state index in [1.165, 1.54) is 14.0 Å². The van der Waals surface area contributed by atoms with E-state index < -0.39 is 12.0 Å². The second-order valence-corrected chi connectivity index (χ2v) is 9.15. The smallest absolute Gasteiger partial charge is 0.322 e. The van der Waals surface area contributed by atoms with Crippen molar-refractivity contribution in [3.8, 4) is 28.4 Å². The Morgan fingerprint density at radius 1 is 1.05 bits per heavy atom. The number of methoxy groups -OCH3 is 4. The van der Waals surface area contributed by atoms with E-state index >= 15 is 0 Å². The third-order valence-corrected chi connectivity index (χ3v) is 6.68. The standard InChI is InChI=1S/C28H37N3O7/c1-16(32)31-21-11-9-17-14-24(35-2)26(36-3)27(37-4)25(17)18-10-12-22(23(33)15-19(18)21)30-13-7-6-8-20(29)28(34)38-5/h10,12,14-15,20-21H,6-9,11,13,29H2,1-5H3,(H,30,33)(H,31,32)/t20-,21-/m0/s1. The third kappa shape index (κ3) is 6.36. The lowest BCUT2D eigenvalue weighted by Gasteiger charge is -2.19. The van der Waals surface area contributed by atoms with Crippen molar-refractivity contribution >= 4 is 17.6 Å². The Morgan fingerprint density at radius 3 is 2.42 bits per heavy atom. The van der Waals surface area contributed by atoms with Crippen molar-refractivity contribution in [2.75, 3.05) is 40.3 Å². The summed E-state index contributed by atoms with van der Waals surface area (Å²) in [5, 5.41) is 6.21. The Labute approximate surface area is 222 Å². The van der Waals surface area contributed by atoms with Crippen molar-refractivity contribution in [2.24, 2.45) is 5.73 Å². The molecule has 0 radical (unpaired) electrons. The van der Waals surface area contributed by atoms with Crippen LogP contribution in [0, 0.1) is 0 Å². The second kappa shape index (κ2) is 13.1. The number of carbonyl (C=O) groups is 2. The number of nitrogens with one attached hydrogen (secondary N) is 2. The molecule has 10 nitrogen and oxygen atoms in total. The number of benzene rings is 1. The molecule has 0 unspecified atom stereocenters. The van der Waals surface area contributed by atoms with Gasteiger partial charge in [0, 0.05) is 19.0 Å². The van der Waals surface area contributed by atoms with E-state index in [4.69, 9.17) is 19.9 Å². The maximum absolute atomic E-state index is 13.3. The first-order chi connectivity index (χ1) is 18.2. The summed E-state index contributed by atoms with van der Waals surface area (Å²) in [5.74, 6) is 0.880. The van der Waals surface area contributed by atoms with E-state index in [0.717, 1.165) is 16.7 Å². The molecule has 38 heavy (non-hydrogen) atoms. The number of carbonyl (C=O) groups excluding carboxylic acids is 2. The van der Waals surface area contributed by atoms with Gasteiger partial charge in [-0.1, -0.05) is 6.07 Å². The summed E-state index contributed by atoms with van der Waals surface area (Å²) < 4.78 is 21.6. The van der Waals surface area contributed by atoms with Crippen LogP contribution in [0.15, 0.2) is 29.1 Å². The number of hydrogen-bond donors (Lipinski definition) is 3. The van der Waals surface area contributed by atoms with E-state index in [1.54, 1.807) is 33.5 Å². The molecule has 1 aliphatic rings. The van der Waals surface area contributed by atoms with Gasteiger partial charge in [0.2, 0.25) is 17.1 Å². The highest BCUT2D eigenvalue weighted by Gasteiger charge is 2.29. The number of rotatable bonds is 11. The predicted molar refractivity (Wildman–Crippen MR) is 145 cm³/mol. The highest BCUT2D eigenvalue weighted by molar-refractivity contribution is 5.83. The van der Waals surface area contributed by atoms with Crippen LogP contribution in [0.4, 0.5) is 5.69 Å². The molecule has 0 aromatic heterocycles. The zero-order valence-electron chi connectivity index (χ0n) is 22.6. The SMILES string of the molecule is COC(=O)[C@@H](N)CCCCNc1ccc2c(cc1=O)[C@@H](NC(C)=O)CCc1cc(OC)c(OC)c(OC)c1-2. The number of amides is 1. The molecule has 3 rings (SSSR count). The molecule has 0 saturated carbocycles. The summed E-state index contributed by atoms with van der Waals surface area (Å²) in [4.78, 5) is 36.8. The molecule has 4 N–H and O–H groups in total. The molecule has 1 aliphatic carbocycles. The van der Waals surface area contributed by atoms with E-state index in [9.17, 15) is 14.4 Å². The van der Waals surface area contributed by atoms with Crippen molar-refractivity contribution in [3.05, 3.63) is 45.6 Å². The summed E-state index contributed by atoms with van der Waals surface area (Å²) in [7, 11) is 5.99. The number of esters is 1. The van der Waals surface area contributed by atoms with Crippen LogP contribution in [0.25, 0.3) is 11.1 Å². The number of hydrogen-bond acceptors (Lipinski definition) is 9. The minimum Gasteiger partial charge on any atom is -0.493 e. The number of fused-ring (bicyclic) bond motifs is 3. The van der Waals surface area contributed by atoms with Crippen LogP contribution < -0.4 is 36.0 Å². The van der Waals surface area contributed by atoms with Gasteiger partial charge in [-0.15, -0.1) is 0 Å². The molecule has 0 fully saturated rings. The Bertz CT molecular complexity index is 1230. The number of ether oxygens (including phenoxy) is 4. The normalized spacial score (nSPS) is 14.7. The molecule has 0 bridgehead atoms. The van der Waals surface area contributed by atoms with Gasteiger partial charge in [-0.2, -0.15) is 0 Å². The lowest BCUT2D eigenvalue weighted by Crippen LogP contribution is -2.31. The van der Waals surface area contributed by atoms with Gasteiger partial charge >= 0.3 is 5.97 Å². The van der Waals surface area contributed by atoms with Crippen LogP contribution in [-0.2, 0) is 20.7 Å². The molecule has 0 aliphatic heterocycles. The fourth-order valence-electron chi connectivity index (χ4n) is 4.84. The fourth-order valence-corrected chi connectivity index (χ4v) is 4.84. The maximum Gasteiger partial charge on any atom is 0.322 e. The summed E-state index contributed by atoms with van der Waals surface area (Å²) >= 11 is 0. The van der Waals surface area contributed by atoms with E-state index in [0.29, 0.717) is 67.1 Å². The highest BCUT2D eigenvalue weighted by atomic mass is 16.5.